The Labute approximate surface area is 205 Å². The van der Waals surface area contributed by atoms with Crippen LogP contribution in [-0.4, -0.2) is 15.6 Å². The first-order valence-corrected chi connectivity index (χ1v) is 12.6. The molecule has 1 fully saturated rings. The van der Waals surface area contributed by atoms with Gasteiger partial charge in [0.1, 0.15) is 5.82 Å². The van der Waals surface area contributed by atoms with E-state index in [1.807, 2.05) is 29.1 Å². The molecule has 176 valence electrons. The average Bonchev–Trinajstić information content (AvgIpc) is 3.22. The Morgan fingerprint density at radius 3 is 2.69 bits per heavy atom. The van der Waals surface area contributed by atoms with E-state index in [0.29, 0.717) is 18.1 Å². The van der Waals surface area contributed by atoms with Crippen LogP contribution < -0.4 is 0 Å². The number of carbonyl (C=O) groups excluding carboxylic acids is 1. The molecule has 0 bridgehead atoms. The van der Waals surface area contributed by atoms with E-state index in [1.165, 1.54) is 23.3 Å². The van der Waals surface area contributed by atoms with Gasteiger partial charge in [0, 0.05) is 17.2 Å². The van der Waals surface area contributed by atoms with Gasteiger partial charge in [-0.15, -0.1) is 0 Å². The number of hydrogen-bond acceptors (Lipinski definition) is 2. The first kappa shape index (κ1) is 22.0. The van der Waals surface area contributed by atoms with Gasteiger partial charge in [-0.25, -0.2) is 9.07 Å². The fourth-order valence-electron chi connectivity index (χ4n) is 6.43. The Morgan fingerprint density at radius 2 is 1.91 bits per heavy atom. The first-order valence-electron chi connectivity index (χ1n) is 12.6. The second-order valence-corrected chi connectivity index (χ2v) is 10.1. The number of halogens is 1. The molecule has 4 aromatic rings. The highest BCUT2D eigenvalue weighted by molar-refractivity contribution is 6.01. The molecular formula is C31H29FN2O. The van der Waals surface area contributed by atoms with E-state index in [2.05, 4.69) is 42.4 Å². The van der Waals surface area contributed by atoms with Crippen LogP contribution in [0.3, 0.4) is 0 Å². The number of rotatable bonds is 3. The Hall–Kier alpha value is -3.53. The van der Waals surface area contributed by atoms with Crippen LogP contribution in [0.5, 0.6) is 0 Å². The van der Waals surface area contributed by atoms with Crippen molar-refractivity contribution in [2.45, 2.75) is 50.9 Å². The molecule has 0 radical (unpaired) electrons. The van der Waals surface area contributed by atoms with Crippen LogP contribution in [0.2, 0.25) is 0 Å². The van der Waals surface area contributed by atoms with Gasteiger partial charge < -0.3 is 0 Å². The molecule has 0 spiro atoms. The Balaban J connectivity index is 1.48. The number of carbonyl (C=O) groups is 1. The molecule has 35 heavy (non-hydrogen) atoms. The van der Waals surface area contributed by atoms with Gasteiger partial charge in [-0.1, -0.05) is 37.3 Å². The maximum Gasteiger partial charge on any atom is 0.159 e. The topological polar surface area (TPSA) is 34.9 Å². The van der Waals surface area contributed by atoms with E-state index in [-0.39, 0.29) is 11.2 Å². The second-order valence-electron chi connectivity index (χ2n) is 10.1. The predicted molar refractivity (Wildman–Crippen MR) is 138 cm³/mol. The summed E-state index contributed by atoms with van der Waals surface area (Å²) in [6.07, 6.45) is 9.59. The lowest BCUT2D eigenvalue weighted by Gasteiger charge is -2.44. The molecule has 0 aliphatic heterocycles. The molecule has 1 heterocycles. The van der Waals surface area contributed by atoms with Crippen LogP contribution in [0.4, 0.5) is 4.39 Å². The molecule has 1 saturated carbocycles. The smallest absolute Gasteiger partial charge is 0.159 e. The number of aryl methyl sites for hydroxylation is 1. The third kappa shape index (κ3) is 3.72. The number of aromatic nitrogens is 2. The number of ketones is 1. The molecule has 0 saturated heterocycles. The Morgan fingerprint density at radius 1 is 1.11 bits per heavy atom. The van der Waals surface area contributed by atoms with Gasteiger partial charge >= 0.3 is 0 Å². The molecule has 2 unspecified atom stereocenters. The van der Waals surface area contributed by atoms with Crippen molar-refractivity contribution in [3.63, 3.8) is 0 Å². The largest absolute Gasteiger partial charge is 0.295 e. The van der Waals surface area contributed by atoms with Gasteiger partial charge in [0.2, 0.25) is 0 Å². The third-order valence-corrected chi connectivity index (χ3v) is 8.25. The monoisotopic (exact) mass is 464 g/mol. The van der Waals surface area contributed by atoms with E-state index in [0.717, 1.165) is 59.8 Å². The number of fused-ring (bicyclic) bond motifs is 4. The van der Waals surface area contributed by atoms with Crippen molar-refractivity contribution in [1.82, 2.24) is 9.78 Å². The quantitative estimate of drug-likeness (QED) is 0.300. The molecule has 2 aliphatic rings. The molecule has 1 aromatic heterocycles. The number of benzene rings is 3. The first-order chi connectivity index (χ1) is 17.1. The summed E-state index contributed by atoms with van der Waals surface area (Å²) in [5.41, 5.74) is 6.64. The lowest BCUT2D eigenvalue weighted by Crippen LogP contribution is -2.41. The van der Waals surface area contributed by atoms with Gasteiger partial charge in [-0.3, -0.25) is 4.79 Å². The zero-order valence-electron chi connectivity index (χ0n) is 20.0. The minimum atomic E-state index is -0.249. The maximum absolute atomic E-state index is 13.5. The standard InChI is InChI=1S/C31H29FN2O/c1-2-31-19-23(15-21-7-4-3-5-8-21)30(35)18-25(31)10-6-9-22-17-29-24(16-28(22)31)20-33-34(29)27-13-11-26(32)12-14-27/h3-5,7-8,11-17,20,25H,2,6,9-10,18-19H2,1H3/b23-15+. The summed E-state index contributed by atoms with van der Waals surface area (Å²) < 4.78 is 15.4. The van der Waals surface area contributed by atoms with E-state index >= 15 is 0 Å². The number of Topliss-reactive ketones (excluding diaryl/α,β-unsaturated/α-hetero) is 1. The molecule has 3 nitrogen and oxygen atoms in total. The van der Waals surface area contributed by atoms with Gasteiger partial charge in [0.15, 0.2) is 5.78 Å². The molecule has 3 aromatic carbocycles. The highest BCUT2D eigenvalue weighted by Crippen LogP contribution is 2.52. The van der Waals surface area contributed by atoms with Crippen molar-refractivity contribution in [2.24, 2.45) is 5.92 Å². The lowest BCUT2D eigenvalue weighted by atomic mass is 9.58. The van der Waals surface area contributed by atoms with Crippen LogP contribution in [0.1, 0.15) is 55.7 Å². The molecule has 2 aliphatic carbocycles. The van der Waals surface area contributed by atoms with Crippen LogP contribution >= 0.6 is 0 Å². The van der Waals surface area contributed by atoms with Crippen molar-refractivity contribution in [3.05, 3.63) is 101 Å². The van der Waals surface area contributed by atoms with E-state index in [4.69, 9.17) is 0 Å². The summed E-state index contributed by atoms with van der Waals surface area (Å²) in [5.74, 6) is 0.413. The lowest BCUT2D eigenvalue weighted by molar-refractivity contribution is -0.118. The van der Waals surface area contributed by atoms with Crippen molar-refractivity contribution in [1.29, 1.82) is 0 Å². The van der Waals surface area contributed by atoms with Gasteiger partial charge in [-0.05, 0) is 103 Å². The minimum Gasteiger partial charge on any atom is -0.295 e. The van der Waals surface area contributed by atoms with Crippen molar-refractivity contribution < 1.29 is 9.18 Å². The minimum absolute atomic E-state index is 0.0491. The molecular weight excluding hydrogens is 435 g/mol. The fourth-order valence-corrected chi connectivity index (χ4v) is 6.43. The number of hydrogen-bond donors (Lipinski definition) is 0. The third-order valence-electron chi connectivity index (χ3n) is 8.25. The zero-order valence-corrected chi connectivity index (χ0v) is 20.0. The van der Waals surface area contributed by atoms with Crippen LogP contribution in [0.15, 0.2) is 78.5 Å². The highest BCUT2D eigenvalue weighted by atomic mass is 19.1. The van der Waals surface area contributed by atoms with E-state index < -0.39 is 0 Å². The summed E-state index contributed by atoms with van der Waals surface area (Å²) in [7, 11) is 0. The molecule has 0 amide bonds. The van der Waals surface area contributed by atoms with Crippen LogP contribution in [-0.2, 0) is 16.6 Å². The summed E-state index contributed by atoms with van der Waals surface area (Å²) >= 11 is 0. The van der Waals surface area contributed by atoms with Gasteiger partial charge in [0.05, 0.1) is 17.4 Å². The van der Waals surface area contributed by atoms with Crippen molar-refractivity contribution >= 4 is 22.8 Å². The summed E-state index contributed by atoms with van der Waals surface area (Å²) in [5, 5.41) is 5.74. The molecule has 0 N–H and O–H groups in total. The number of nitrogens with zero attached hydrogens (tertiary/aromatic N) is 2. The molecule has 4 heteroatoms. The summed E-state index contributed by atoms with van der Waals surface area (Å²) in [6, 6.07) is 21.3. The number of allylic oxidation sites excluding steroid dienone is 1. The zero-order chi connectivity index (χ0) is 24.0. The van der Waals surface area contributed by atoms with Crippen LogP contribution in [0, 0.1) is 11.7 Å². The Bertz CT molecular complexity index is 1430. The van der Waals surface area contributed by atoms with Crippen molar-refractivity contribution in [2.75, 3.05) is 0 Å². The van der Waals surface area contributed by atoms with Crippen LogP contribution in [0.25, 0.3) is 22.7 Å². The predicted octanol–water partition coefficient (Wildman–Crippen LogP) is 7.21. The normalized spacial score (nSPS) is 23.2. The maximum atomic E-state index is 13.5. The average molecular weight is 465 g/mol. The summed E-state index contributed by atoms with van der Waals surface area (Å²) in [6.45, 7) is 2.28. The van der Waals surface area contributed by atoms with E-state index in [9.17, 15) is 9.18 Å². The molecule has 6 rings (SSSR count). The summed E-state index contributed by atoms with van der Waals surface area (Å²) in [4.78, 5) is 13.2. The highest BCUT2D eigenvalue weighted by Gasteiger charge is 2.47. The fraction of sp³-hybridized carbons (Fsp3) is 0.290. The SMILES string of the molecule is CCC12C/C(=C\c3ccccc3)C(=O)CC1CCCc1cc3c(cnn3-c3ccc(F)cc3)cc12. The molecule has 2 atom stereocenters. The van der Waals surface area contributed by atoms with Gasteiger partial charge in [-0.2, -0.15) is 5.10 Å². The second kappa shape index (κ2) is 8.60. The van der Waals surface area contributed by atoms with Gasteiger partial charge in [0.25, 0.3) is 0 Å². The van der Waals surface area contributed by atoms with Crippen molar-refractivity contribution in [3.8, 4) is 5.69 Å². The Kier molecular flexibility index (Phi) is 5.40. The van der Waals surface area contributed by atoms with E-state index in [1.54, 1.807) is 12.1 Å².